The van der Waals surface area contributed by atoms with Gasteiger partial charge in [0.2, 0.25) is 0 Å². The van der Waals surface area contributed by atoms with Crippen molar-refractivity contribution in [3.8, 4) is 0 Å². The van der Waals surface area contributed by atoms with Gasteiger partial charge in [-0.2, -0.15) is 0 Å². The van der Waals surface area contributed by atoms with Crippen molar-refractivity contribution in [3.05, 3.63) is 0 Å². The standard InChI is InChI=1S/CHF3Te/c2-1(3,4)5/h5H. The molecule has 0 amide bonds. The third kappa shape index (κ3) is 90.7. The van der Waals surface area contributed by atoms with E-state index in [1.54, 1.807) is 0 Å². The molecule has 0 bridgehead atoms. The Hall–Kier alpha value is 0.580. The molecule has 0 nitrogen and oxygen atoms in total. The molecule has 32 valence electrons. The molecule has 0 spiro atoms. The van der Waals surface area contributed by atoms with Crippen LogP contribution in [0.3, 0.4) is 0 Å². The average molecular weight is 198 g/mol. The van der Waals surface area contributed by atoms with Gasteiger partial charge in [-0.3, -0.25) is 0 Å². The van der Waals surface area contributed by atoms with Crippen LogP contribution in [-0.4, -0.2) is 26.5 Å². The first-order chi connectivity index (χ1) is 2.00. The van der Waals surface area contributed by atoms with Gasteiger partial charge in [-0.1, -0.05) is 0 Å². The molecule has 0 aromatic rings. The van der Waals surface area contributed by atoms with Crippen molar-refractivity contribution < 1.29 is 13.2 Å². The summed E-state index contributed by atoms with van der Waals surface area (Å²) in [7, 11) is 0. The summed E-state index contributed by atoms with van der Waals surface area (Å²) < 4.78 is 27.2. The summed E-state index contributed by atoms with van der Waals surface area (Å²) in [5, 5.41) is 0. The Balaban J connectivity index is 3.02. The summed E-state index contributed by atoms with van der Waals surface area (Å²) >= 11 is -0.129. The van der Waals surface area contributed by atoms with Gasteiger partial charge in [-0.15, -0.1) is 0 Å². The van der Waals surface area contributed by atoms with Gasteiger partial charge in [0.15, 0.2) is 0 Å². The van der Waals surface area contributed by atoms with Crippen molar-refractivity contribution in [1.82, 2.24) is 0 Å². The van der Waals surface area contributed by atoms with Crippen molar-refractivity contribution in [3.63, 3.8) is 0 Å². The minimum absolute atomic E-state index is 0.129. The molecule has 0 fully saturated rings. The molecule has 0 saturated carbocycles. The van der Waals surface area contributed by atoms with Crippen molar-refractivity contribution in [1.29, 1.82) is 0 Å². The quantitative estimate of drug-likeness (QED) is 0.494. The Morgan fingerprint density at radius 3 is 1.20 bits per heavy atom. The van der Waals surface area contributed by atoms with Crippen LogP contribution in [0, 0.1) is 0 Å². The number of hydrogen-bond donors (Lipinski definition) is 0. The summed E-state index contributed by atoms with van der Waals surface area (Å²) in [5.41, 5.74) is 0. The number of hydrogen-bond acceptors (Lipinski definition) is 0. The van der Waals surface area contributed by atoms with Crippen LogP contribution in [0.2, 0.25) is 0 Å². The van der Waals surface area contributed by atoms with Crippen LogP contribution in [0.5, 0.6) is 0 Å². The molecule has 0 aliphatic rings. The summed E-state index contributed by atoms with van der Waals surface area (Å²) in [5.74, 6) is 0. The summed E-state index contributed by atoms with van der Waals surface area (Å²) in [6, 6.07) is 0. The molecule has 0 aliphatic carbocycles. The van der Waals surface area contributed by atoms with E-state index in [2.05, 4.69) is 0 Å². The van der Waals surface area contributed by atoms with Crippen LogP contribution in [0.15, 0.2) is 0 Å². The Morgan fingerprint density at radius 1 is 1.20 bits per heavy atom. The van der Waals surface area contributed by atoms with Crippen LogP contribution >= 0.6 is 0 Å². The number of rotatable bonds is 0. The fourth-order valence-electron chi connectivity index (χ4n) is 0. The number of alkyl halides is 3. The molecule has 0 aromatic heterocycles. The fraction of sp³-hybridized carbons (Fsp3) is 1.00. The van der Waals surface area contributed by atoms with Gasteiger partial charge >= 0.3 is 39.7 Å². The Bertz CT molecular complexity index is 22.4. The van der Waals surface area contributed by atoms with Gasteiger partial charge in [-0.25, -0.2) is 0 Å². The Kier molecular flexibility index (Phi) is 1.51. The summed E-state index contributed by atoms with van der Waals surface area (Å²) in [4.78, 5) is 0. The first kappa shape index (κ1) is 5.58. The van der Waals surface area contributed by atoms with E-state index in [0.717, 1.165) is 0 Å². The van der Waals surface area contributed by atoms with E-state index in [4.69, 9.17) is 0 Å². The normalized spacial score (nSPS) is 12.0. The van der Waals surface area contributed by atoms with Crippen molar-refractivity contribution in [2.45, 2.75) is 4.22 Å². The molecule has 0 aliphatic heterocycles. The van der Waals surface area contributed by atoms with Gasteiger partial charge in [0, 0.05) is 0 Å². The Labute approximate surface area is 40.3 Å². The zero-order valence-electron chi connectivity index (χ0n) is 2.08. The molecule has 0 rings (SSSR count). The van der Waals surface area contributed by atoms with Gasteiger partial charge in [0.1, 0.15) is 0 Å². The second kappa shape index (κ2) is 1.36. The zero-order chi connectivity index (χ0) is 4.50. The molecular formula is CHF3Te. The molecule has 0 saturated heterocycles. The van der Waals surface area contributed by atoms with Crippen LogP contribution in [0.25, 0.3) is 0 Å². The fourth-order valence-corrected chi connectivity index (χ4v) is 0. The van der Waals surface area contributed by atoms with E-state index in [-0.39, 0.29) is 22.3 Å². The third-order valence-corrected chi connectivity index (χ3v) is 0. The molecular weight excluding hydrogens is 197 g/mol. The van der Waals surface area contributed by atoms with Gasteiger partial charge in [-0.05, 0) is 0 Å². The Morgan fingerprint density at radius 2 is 1.20 bits per heavy atom. The predicted molar refractivity (Wildman–Crippen MR) is 13.2 cm³/mol. The van der Waals surface area contributed by atoms with Crippen molar-refractivity contribution in [2.75, 3.05) is 0 Å². The SMILES string of the molecule is FC(F)(F)[TeH]. The molecule has 0 atom stereocenters. The molecule has 0 aromatic carbocycles. The zero-order valence-corrected chi connectivity index (χ0v) is 4.63. The van der Waals surface area contributed by atoms with Gasteiger partial charge in [0.05, 0.1) is 0 Å². The van der Waals surface area contributed by atoms with E-state index in [1.165, 1.54) is 0 Å². The van der Waals surface area contributed by atoms with Gasteiger partial charge in [0.25, 0.3) is 0 Å². The third-order valence-electron chi connectivity index (χ3n) is 0. The van der Waals surface area contributed by atoms with E-state index in [1.807, 2.05) is 0 Å². The summed E-state index contributed by atoms with van der Waals surface area (Å²) in [6.45, 7) is 0. The molecule has 0 radical (unpaired) electrons. The van der Waals surface area contributed by atoms with Crippen LogP contribution in [-0.2, 0) is 0 Å². The number of halogens is 3. The van der Waals surface area contributed by atoms with Crippen LogP contribution in [0.4, 0.5) is 13.2 Å². The molecule has 0 N–H and O–H groups in total. The van der Waals surface area contributed by atoms with Crippen molar-refractivity contribution >= 4 is 22.3 Å². The van der Waals surface area contributed by atoms with Crippen LogP contribution in [0.1, 0.15) is 0 Å². The molecule has 4 heteroatoms. The topological polar surface area (TPSA) is 0 Å². The van der Waals surface area contributed by atoms with E-state index in [9.17, 15) is 13.2 Å². The van der Waals surface area contributed by atoms with E-state index >= 15 is 0 Å². The summed E-state index contributed by atoms with van der Waals surface area (Å²) in [6.07, 6.45) is 0. The second-order valence-electron chi connectivity index (χ2n) is 0.468. The maximum atomic E-state index is 10.4. The molecule has 0 heterocycles. The van der Waals surface area contributed by atoms with Crippen LogP contribution < -0.4 is 0 Å². The van der Waals surface area contributed by atoms with E-state index < -0.39 is 4.22 Å². The maximum absolute atomic E-state index is 10.4. The monoisotopic (exact) mass is 200 g/mol. The molecule has 5 heavy (non-hydrogen) atoms. The predicted octanol–water partition coefficient (Wildman–Crippen LogP) is 0.407. The van der Waals surface area contributed by atoms with E-state index in [0.29, 0.717) is 0 Å². The van der Waals surface area contributed by atoms with Gasteiger partial charge < -0.3 is 0 Å². The average Bonchev–Trinajstić information content (AvgIpc) is 0.722. The molecule has 0 unspecified atom stereocenters. The first-order valence-corrected chi connectivity index (χ1v) is 2.07. The first-order valence-electron chi connectivity index (χ1n) is 0.791. The minimum atomic E-state index is -3.95. The van der Waals surface area contributed by atoms with Crippen molar-refractivity contribution in [2.24, 2.45) is 0 Å². The second-order valence-corrected chi connectivity index (χ2v) is 1.92.